The molecule has 53 heavy (non-hydrogen) atoms. The van der Waals surface area contributed by atoms with Crippen molar-refractivity contribution in [2.24, 2.45) is 0 Å². The highest BCUT2D eigenvalue weighted by atomic mass is 32.1. The molecule has 1 aliphatic heterocycles. The van der Waals surface area contributed by atoms with E-state index in [1.807, 2.05) is 84.4 Å². The normalized spacial score (nSPS) is 12.6. The summed E-state index contributed by atoms with van der Waals surface area (Å²) in [6.07, 6.45) is 6.80. The fourth-order valence-electron chi connectivity index (χ4n) is 5.80. The number of nitrogens with one attached hydrogen (secondary N) is 2. The maximum Gasteiger partial charge on any atom is 0.407 e. The maximum absolute atomic E-state index is 12.1. The van der Waals surface area contributed by atoms with Gasteiger partial charge in [-0.15, -0.1) is 16.4 Å². The SMILES string of the molecule is O=C(NCCCc1cn(-c2ccc(-c3nc(/C=C/c4ccc(-c5ccccc5)cc4)cs3)c(OCCN3CCNC3=O)c2)nn1)OCc1ccccc1. The molecule has 1 aliphatic rings. The average Bonchev–Trinajstić information content (AvgIpc) is 3.98. The van der Waals surface area contributed by atoms with Gasteiger partial charge in [0.05, 0.1) is 35.4 Å². The number of carbonyl (C=O) groups is 2. The molecule has 0 atom stereocenters. The average molecular weight is 726 g/mol. The minimum absolute atomic E-state index is 0.0805. The molecule has 12 heteroatoms. The van der Waals surface area contributed by atoms with Crippen molar-refractivity contribution in [3.63, 3.8) is 0 Å². The molecule has 6 aromatic rings. The molecule has 0 saturated carbocycles. The Morgan fingerprint density at radius 2 is 1.74 bits per heavy atom. The Kier molecular flexibility index (Phi) is 11.5. The summed E-state index contributed by atoms with van der Waals surface area (Å²) in [5, 5.41) is 17.2. The molecule has 0 unspecified atom stereocenters. The van der Waals surface area contributed by atoms with E-state index < -0.39 is 6.09 Å². The number of hydrogen-bond acceptors (Lipinski definition) is 8. The molecule has 1 saturated heterocycles. The van der Waals surface area contributed by atoms with Gasteiger partial charge in [0.1, 0.15) is 24.0 Å². The van der Waals surface area contributed by atoms with Crippen LogP contribution in [0.25, 0.3) is 39.5 Å². The number of rotatable bonds is 15. The van der Waals surface area contributed by atoms with Crippen LogP contribution in [0.15, 0.2) is 115 Å². The molecule has 3 amide bonds. The first-order chi connectivity index (χ1) is 26.1. The van der Waals surface area contributed by atoms with Crippen LogP contribution in [0.4, 0.5) is 9.59 Å². The summed E-state index contributed by atoms with van der Waals surface area (Å²) < 4.78 is 13.3. The fraction of sp³-hybridized carbons (Fsp3) is 0.195. The van der Waals surface area contributed by atoms with Gasteiger partial charge in [0.2, 0.25) is 0 Å². The summed E-state index contributed by atoms with van der Waals surface area (Å²) in [4.78, 5) is 30.8. The molecular weight excluding hydrogens is 687 g/mol. The summed E-state index contributed by atoms with van der Waals surface area (Å²) in [5.74, 6) is 0.638. The van der Waals surface area contributed by atoms with Crippen molar-refractivity contribution >= 4 is 35.6 Å². The van der Waals surface area contributed by atoms with E-state index in [1.165, 1.54) is 11.1 Å². The Hall–Kier alpha value is -6.27. The van der Waals surface area contributed by atoms with Crippen molar-refractivity contribution in [1.29, 1.82) is 0 Å². The molecule has 2 aromatic heterocycles. The van der Waals surface area contributed by atoms with Crippen LogP contribution in [0.3, 0.4) is 0 Å². The Bertz CT molecular complexity index is 2150. The van der Waals surface area contributed by atoms with E-state index >= 15 is 0 Å². The standard InChI is InChI=1S/C41H39N7O4S/c49-40-42-22-23-47(40)24-25-51-38-26-36(48-27-34(45-46-48)12-7-21-43-41(50)52-28-31-8-3-1-4-9-31)19-20-37(38)39-44-35(29-53-39)18-15-30-13-16-33(17-14-30)32-10-5-2-6-11-32/h1-6,8-11,13-20,26-27,29H,7,12,21-25,28H2,(H,42,49)(H,43,50)/b18-15+. The Balaban J connectivity index is 0.993. The van der Waals surface area contributed by atoms with Gasteiger partial charge in [0.15, 0.2) is 0 Å². The number of hydrogen-bond donors (Lipinski definition) is 2. The third kappa shape index (κ3) is 9.54. The number of amides is 3. The summed E-state index contributed by atoms with van der Waals surface area (Å²) in [5.41, 5.74) is 7.65. The summed E-state index contributed by atoms with van der Waals surface area (Å²) >= 11 is 1.54. The lowest BCUT2D eigenvalue weighted by Crippen LogP contribution is -2.31. The number of thiazole rings is 1. The predicted octanol–water partition coefficient (Wildman–Crippen LogP) is 7.49. The van der Waals surface area contributed by atoms with Gasteiger partial charge in [-0.2, -0.15) is 0 Å². The molecule has 7 rings (SSSR count). The summed E-state index contributed by atoms with van der Waals surface area (Å²) in [7, 11) is 0. The fourth-order valence-corrected chi connectivity index (χ4v) is 6.62. The van der Waals surface area contributed by atoms with Gasteiger partial charge < -0.3 is 25.0 Å². The first-order valence-electron chi connectivity index (χ1n) is 17.5. The number of ether oxygens (including phenoxy) is 2. The lowest BCUT2D eigenvalue weighted by molar-refractivity contribution is 0.139. The van der Waals surface area contributed by atoms with Crippen LogP contribution in [0, 0.1) is 0 Å². The quantitative estimate of drug-likeness (QED) is 0.105. The number of aromatic nitrogens is 4. The number of benzene rings is 4. The van der Waals surface area contributed by atoms with Gasteiger partial charge in [0.25, 0.3) is 0 Å². The summed E-state index contributed by atoms with van der Waals surface area (Å²) in [6, 6.07) is 34.1. The Labute approximate surface area is 311 Å². The smallest absolute Gasteiger partial charge is 0.407 e. The van der Waals surface area contributed by atoms with Crippen molar-refractivity contribution in [1.82, 2.24) is 35.5 Å². The van der Waals surface area contributed by atoms with Crippen molar-refractivity contribution in [3.8, 4) is 33.1 Å². The van der Waals surface area contributed by atoms with Crippen LogP contribution in [0.5, 0.6) is 5.75 Å². The van der Waals surface area contributed by atoms with E-state index in [-0.39, 0.29) is 12.6 Å². The van der Waals surface area contributed by atoms with Gasteiger partial charge in [-0.1, -0.05) is 96.2 Å². The second-order valence-electron chi connectivity index (χ2n) is 12.4. The van der Waals surface area contributed by atoms with Crippen molar-refractivity contribution in [3.05, 3.63) is 137 Å². The second-order valence-corrected chi connectivity index (χ2v) is 13.3. The number of urea groups is 1. The summed E-state index contributed by atoms with van der Waals surface area (Å²) in [6.45, 7) is 2.75. The molecule has 1 fully saturated rings. The molecule has 0 radical (unpaired) electrons. The molecule has 0 spiro atoms. The lowest BCUT2D eigenvalue weighted by Gasteiger charge is -2.16. The highest BCUT2D eigenvalue weighted by molar-refractivity contribution is 7.13. The van der Waals surface area contributed by atoms with Crippen LogP contribution in [0.1, 0.15) is 28.9 Å². The van der Waals surface area contributed by atoms with E-state index in [9.17, 15) is 9.59 Å². The number of aryl methyl sites for hydroxylation is 1. The molecule has 3 heterocycles. The first-order valence-corrected chi connectivity index (χ1v) is 18.4. The minimum atomic E-state index is -0.451. The first kappa shape index (κ1) is 35.1. The largest absolute Gasteiger partial charge is 0.491 e. The maximum atomic E-state index is 12.1. The van der Waals surface area contributed by atoms with E-state index in [4.69, 9.17) is 14.5 Å². The van der Waals surface area contributed by atoms with Crippen LogP contribution in [0.2, 0.25) is 0 Å². The molecular formula is C41H39N7O4S. The van der Waals surface area contributed by atoms with Gasteiger partial charge in [-0.05, 0) is 53.3 Å². The lowest BCUT2D eigenvalue weighted by atomic mass is 10.0. The highest BCUT2D eigenvalue weighted by Crippen LogP contribution is 2.35. The van der Waals surface area contributed by atoms with E-state index in [0.29, 0.717) is 51.4 Å². The molecule has 0 bridgehead atoms. The Morgan fingerprint density at radius 1 is 0.943 bits per heavy atom. The number of alkyl carbamates (subject to hydrolysis) is 1. The molecule has 4 aromatic carbocycles. The van der Waals surface area contributed by atoms with Gasteiger partial charge >= 0.3 is 12.1 Å². The van der Waals surface area contributed by atoms with Gasteiger partial charge in [0, 0.05) is 31.1 Å². The second kappa shape index (κ2) is 17.3. The predicted molar refractivity (Wildman–Crippen MR) is 207 cm³/mol. The van der Waals surface area contributed by atoms with Crippen LogP contribution in [-0.4, -0.2) is 69.8 Å². The number of carbonyl (C=O) groups excluding carboxylic acids is 2. The van der Waals surface area contributed by atoms with Gasteiger partial charge in [-0.25, -0.2) is 19.3 Å². The van der Waals surface area contributed by atoms with Crippen LogP contribution < -0.4 is 15.4 Å². The van der Waals surface area contributed by atoms with Crippen LogP contribution in [-0.2, 0) is 17.8 Å². The third-order valence-electron chi connectivity index (χ3n) is 8.64. The Morgan fingerprint density at radius 3 is 2.53 bits per heavy atom. The minimum Gasteiger partial charge on any atom is -0.491 e. The van der Waals surface area contributed by atoms with Crippen molar-refractivity contribution in [2.45, 2.75) is 19.4 Å². The van der Waals surface area contributed by atoms with E-state index in [2.05, 4.69) is 63.4 Å². The van der Waals surface area contributed by atoms with Crippen molar-refractivity contribution < 1.29 is 19.1 Å². The molecule has 11 nitrogen and oxygen atoms in total. The molecule has 2 N–H and O–H groups in total. The highest BCUT2D eigenvalue weighted by Gasteiger charge is 2.20. The zero-order chi connectivity index (χ0) is 36.2. The zero-order valence-electron chi connectivity index (χ0n) is 29.1. The molecule has 0 aliphatic carbocycles. The van der Waals surface area contributed by atoms with E-state index in [1.54, 1.807) is 20.9 Å². The zero-order valence-corrected chi connectivity index (χ0v) is 29.9. The number of nitrogens with zero attached hydrogens (tertiary/aromatic N) is 5. The monoisotopic (exact) mass is 725 g/mol. The van der Waals surface area contributed by atoms with Crippen molar-refractivity contribution in [2.75, 3.05) is 32.8 Å². The third-order valence-corrected chi connectivity index (χ3v) is 9.54. The molecule has 268 valence electrons. The van der Waals surface area contributed by atoms with Gasteiger partial charge in [-0.3, -0.25) is 0 Å². The topological polar surface area (TPSA) is 124 Å². The van der Waals surface area contributed by atoms with E-state index in [0.717, 1.165) is 38.8 Å². The van der Waals surface area contributed by atoms with Crippen LogP contribution >= 0.6 is 11.3 Å².